The molecule has 27 heavy (non-hydrogen) atoms. The summed E-state index contributed by atoms with van der Waals surface area (Å²) in [6, 6.07) is 11.0. The summed E-state index contributed by atoms with van der Waals surface area (Å²) in [5, 5.41) is 8.69. The van der Waals surface area contributed by atoms with Gasteiger partial charge in [0.1, 0.15) is 6.04 Å². The van der Waals surface area contributed by atoms with E-state index >= 15 is 0 Å². The molecule has 0 saturated carbocycles. The van der Waals surface area contributed by atoms with Crippen molar-refractivity contribution in [2.45, 2.75) is 25.3 Å². The number of nitrogens with zero attached hydrogens (tertiary/aromatic N) is 4. The van der Waals surface area contributed by atoms with Crippen LogP contribution in [0.5, 0.6) is 0 Å². The van der Waals surface area contributed by atoms with Gasteiger partial charge < -0.3 is 5.32 Å². The fourth-order valence-electron chi connectivity index (χ4n) is 3.76. The van der Waals surface area contributed by atoms with E-state index in [0.717, 1.165) is 35.2 Å². The first-order chi connectivity index (χ1) is 13.2. The Hall–Kier alpha value is -2.99. The van der Waals surface area contributed by atoms with E-state index in [0.29, 0.717) is 23.2 Å². The Kier molecular flexibility index (Phi) is 3.79. The van der Waals surface area contributed by atoms with Crippen LogP contribution >= 0.6 is 11.6 Å². The molecule has 6 nitrogen and oxygen atoms in total. The Morgan fingerprint density at radius 1 is 1.15 bits per heavy atom. The van der Waals surface area contributed by atoms with E-state index in [4.69, 9.17) is 16.7 Å². The number of rotatable bonds is 2. The number of carbonyl (C=O) groups excluding carboxylic acids is 1. The predicted octanol–water partition coefficient (Wildman–Crippen LogP) is 4.02. The van der Waals surface area contributed by atoms with Gasteiger partial charge in [-0.25, -0.2) is 4.68 Å². The van der Waals surface area contributed by atoms with E-state index in [2.05, 4.69) is 15.3 Å². The van der Waals surface area contributed by atoms with Gasteiger partial charge in [-0.3, -0.25) is 9.78 Å². The minimum atomic E-state index is -0.299. The van der Waals surface area contributed by atoms with Gasteiger partial charge in [0, 0.05) is 40.7 Å². The lowest BCUT2D eigenvalue weighted by Gasteiger charge is -2.32. The quantitative estimate of drug-likeness (QED) is 0.730. The molecule has 3 aromatic rings. The molecule has 0 bridgehead atoms. The number of pyridine rings is 1. The molecule has 0 spiro atoms. The molecular weight excluding hydrogens is 362 g/mol. The third-order valence-corrected chi connectivity index (χ3v) is 5.21. The van der Waals surface area contributed by atoms with Crippen molar-refractivity contribution in [3.8, 4) is 11.4 Å². The molecule has 1 N–H and O–H groups in total. The lowest BCUT2D eigenvalue weighted by molar-refractivity contribution is -0.116. The van der Waals surface area contributed by atoms with Crippen molar-refractivity contribution in [3.05, 3.63) is 70.6 Å². The summed E-state index contributed by atoms with van der Waals surface area (Å²) in [5.41, 5.74) is 3.54. The molecule has 0 radical (unpaired) electrons. The number of benzene rings is 1. The van der Waals surface area contributed by atoms with Crippen LogP contribution in [-0.2, 0) is 4.79 Å². The van der Waals surface area contributed by atoms with Crippen molar-refractivity contribution in [1.82, 2.24) is 19.7 Å². The van der Waals surface area contributed by atoms with Crippen LogP contribution in [0.15, 0.2) is 60.1 Å². The highest BCUT2D eigenvalue weighted by Crippen LogP contribution is 2.40. The summed E-state index contributed by atoms with van der Waals surface area (Å²) in [7, 11) is 0. The second kappa shape index (κ2) is 6.32. The Labute approximate surface area is 160 Å². The molecule has 1 atom stereocenters. The number of anilines is 1. The maximum absolute atomic E-state index is 12.8. The Morgan fingerprint density at radius 2 is 2.00 bits per heavy atom. The summed E-state index contributed by atoms with van der Waals surface area (Å²) < 4.78 is 1.80. The first-order valence-corrected chi connectivity index (χ1v) is 9.24. The van der Waals surface area contributed by atoms with Crippen LogP contribution in [0, 0.1) is 0 Å². The van der Waals surface area contributed by atoms with Gasteiger partial charge >= 0.3 is 0 Å². The molecule has 1 aliphatic carbocycles. The first kappa shape index (κ1) is 16.2. The smallest absolute Gasteiger partial charge is 0.226 e. The molecule has 3 heterocycles. The number of fused-ring (bicyclic) bond motifs is 1. The molecule has 7 heteroatoms. The van der Waals surface area contributed by atoms with Crippen LogP contribution < -0.4 is 5.32 Å². The van der Waals surface area contributed by atoms with Crippen LogP contribution in [0.3, 0.4) is 0 Å². The van der Waals surface area contributed by atoms with Crippen molar-refractivity contribution in [2.24, 2.45) is 0 Å². The van der Waals surface area contributed by atoms with Gasteiger partial charge in [0.2, 0.25) is 5.95 Å². The standard InChI is InChI=1S/C20H16ClN5O/c21-14-4-1-3-13(11-14)19-24-20-23-15-5-2-6-16(27)17(15)18(26(20)25-19)12-7-9-22-10-8-12/h1,3-4,7-11,18H,2,5-6H2,(H,23,24,25). The van der Waals surface area contributed by atoms with Crippen LogP contribution in [0.25, 0.3) is 11.4 Å². The van der Waals surface area contributed by atoms with Gasteiger partial charge in [-0.2, -0.15) is 4.98 Å². The van der Waals surface area contributed by atoms with E-state index < -0.39 is 0 Å². The number of Topliss-reactive ketones (excluding diaryl/α,β-unsaturated/α-hetero) is 1. The lowest BCUT2D eigenvalue weighted by Crippen LogP contribution is -2.31. The Balaban J connectivity index is 1.68. The summed E-state index contributed by atoms with van der Waals surface area (Å²) >= 11 is 6.13. The summed E-state index contributed by atoms with van der Waals surface area (Å²) in [4.78, 5) is 21.5. The number of ketones is 1. The summed E-state index contributed by atoms with van der Waals surface area (Å²) in [5.74, 6) is 1.38. The first-order valence-electron chi connectivity index (χ1n) is 8.86. The number of halogens is 1. The topological polar surface area (TPSA) is 72.7 Å². The summed E-state index contributed by atoms with van der Waals surface area (Å²) in [6.45, 7) is 0. The SMILES string of the molecule is O=C1CCCC2=C1C(c1ccncc1)n1nc(-c3cccc(Cl)c3)nc1N2. The van der Waals surface area contributed by atoms with E-state index in [9.17, 15) is 4.79 Å². The summed E-state index contributed by atoms with van der Waals surface area (Å²) in [6.07, 6.45) is 5.72. The molecule has 1 aliphatic heterocycles. The highest BCUT2D eigenvalue weighted by molar-refractivity contribution is 6.30. The second-order valence-electron chi connectivity index (χ2n) is 6.69. The lowest BCUT2D eigenvalue weighted by atomic mass is 9.86. The molecule has 0 amide bonds. The zero-order valence-electron chi connectivity index (χ0n) is 14.4. The third-order valence-electron chi connectivity index (χ3n) is 4.97. The molecule has 2 aliphatic rings. The minimum Gasteiger partial charge on any atom is -0.328 e. The average molecular weight is 378 g/mol. The number of nitrogens with one attached hydrogen (secondary N) is 1. The molecule has 5 rings (SSSR count). The Bertz CT molecular complexity index is 1070. The van der Waals surface area contributed by atoms with Gasteiger partial charge in [0.25, 0.3) is 0 Å². The van der Waals surface area contributed by atoms with E-state index in [-0.39, 0.29) is 11.8 Å². The van der Waals surface area contributed by atoms with E-state index in [1.165, 1.54) is 0 Å². The molecule has 134 valence electrons. The van der Waals surface area contributed by atoms with Gasteiger partial charge in [0.05, 0.1) is 0 Å². The fraction of sp³-hybridized carbons (Fsp3) is 0.200. The van der Waals surface area contributed by atoms with Crippen molar-refractivity contribution >= 4 is 23.3 Å². The average Bonchev–Trinajstić information content (AvgIpc) is 3.11. The van der Waals surface area contributed by atoms with Gasteiger partial charge in [-0.15, -0.1) is 5.10 Å². The third kappa shape index (κ3) is 2.73. The predicted molar refractivity (Wildman–Crippen MR) is 102 cm³/mol. The van der Waals surface area contributed by atoms with Crippen LogP contribution in [0.4, 0.5) is 5.95 Å². The van der Waals surface area contributed by atoms with Crippen LogP contribution in [0.2, 0.25) is 5.02 Å². The molecule has 2 aromatic heterocycles. The van der Waals surface area contributed by atoms with Crippen LogP contribution in [-0.4, -0.2) is 25.5 Å². The Morgan fingerprint density at radius 3 is 2.81 bits per heavy atom. The number of aromatic nitrogens is 4. The number of carbonyl (C=O) groups is 1. The largest absolute Gasteiger partial charge is 0.328 e. The van der Waals surface area contributed by atoms with Crippen molar-refractivity contribution in [3.63, 3.8) is 0 Å². The second-order valence-corrected chi connectivity index (χ2v) is 7.13. The van der Waals surface area contributed by atoms with Crippen molar-refractivity contribution in [2.75, 3.05) is 5.32 Å². The number of allylic oxidation sites excluding steroid dienone is 2. The monoisotopic (exact) mass is 377 g/mol. The zero-order chi connectivity index (χ0) is 18.4. The van der Waals surface area contributed by atoms with E-state index in [1.807, 2.05) is 36.4 Å². The van der Waals surface area contributed by atoms with Crippen molar-refractivity contribution < 1.29 is 4.79 Å². The normalized spacial score (nSPS) is 18.7. The minimum absolute atomic E-state index is 0.163. The maximum Gasteiger partial charge on any atom is 0.226 e. The van der Waals surface area contributed by atoms with Crippen LogP contribution in [0.1, 0.15) is 30.9 Å². The number of hydrogen-bond acceptors (Lipinski definition) is 5. The van der Waals surface area contributed by atoms with E-state index in [1.54, 1.807) is 17.1 Å². The highest BCUT2D eigenvalue weighted by atomic mass is 35.5. The fourth-order valence-corrected chi connectivity index (χ4v) is 3.95. The van der Waals surface area contributed by atoms with Crippen molar-refractivity contribution in [1.29, 1.82) is 0 Å². The number of hydrogen-bond donors (Lipinski definition) is 1. The molecule has 0 fully saturated rings. The highest BCUT2D eigenvalue weighted by Gasteiger charge is 2.36. The maximum atomic E-state index is 12.8. The molecule has 1 aromatic carbocycles. The molecule has 0 saturated heterocycles. The van der Waals surface area contributed by atoms with Gasteiger partial charge in [0.15, 0.2) is 11.6 Å². The molecular formula is C20H16ClN5O. The molecule has 1 unspecified atom stereocenters. The van der Waals surface area contributed by atoms with Gasteiger partial charge in [-0.05, 0) is 42.7 Å². The zero-order valence-corrected chi connectivity index (χ0v) is 15.1. The van der Waals surface area contributed by atoms with Gasteiger partial charge in [-0.1, -0.05) is 23.7 Å².